The maximum atomic E-state index is 13.7. The normalized spacial score (nSPS) is 15.8. The van der Waals surface area contributed by atoms with Crippen molar-refractivity contribution in [3.05, 3.63) is 77.5 Å². The number of alkyl halides is 1. The summed E-state index contributed by atoms with van der Waals surface area (Å²) in [5.74, 6) is 1.40. The topological polar surface area (TPSA) is 67.2 Å². The van der Waals surface area contributed by atoms with Crippen molar-refractivity contribution in [1.29, 1.82) is 0 Å². The first-order valence-electron chi connectivity index (χ1n) is 13.6. The van der Waals surface area contributed by atoms with Gasteiger partial charge >= 0.3 is 0 Å². The molecular weight excluding hydrogens is 515 g/mol. The van der Waals surface area contributed by atoms with Crippen molar-refractivity contribution in [1.82, 2.24) is 24.6 Å². The van der Waals surface area contributed by atoms with Crippen molar-refractivity contribution in [2.45, 2.75) is 51.3 Å². The van der Waals surface area contributed by atoms with Crippen molar-refractivity contribution in [2.24, 2.45) is 0 Å². The van der Waals surface area contributed by atoms with E-state index in [4.69, 9.17) is 26.7 Å². The number of anilines is 1. The van der Waals surface area contributed by atoms with E-state index in [1.165, 1.54) is 12.1 Å². The van der Waals surface area contributed by atoms with Gasteiger partial charge in [0.1, 0.15) is 22.8 Å². The van der Waals surface area contributed by atoms with Gasteiger partial charge in [0.05, 0.1) is 16.8 Å². The van der Waals surface area contributed by atoms with Gasteiger partial charge in [-0.1, -0.05) is 50.6 Å². The zero-order valence-corrected chi connectivity index (χ0v) is 23.4. The van der Waals surface area contributed by atoms with E-state index in [-0.39, 0.29) is 17.6 Å². The summed E-state index contributed by atoms with van der Waals surface area (Å²) in [5, 5.41) is 4.97. The maximum absolute atomic E-state index is 13.7. The largest absolute Gasteiger partial charge is 0.354 e. The molecule has 0 aliphatic carbocycles. The molecule has 0 saturated carbocycles. The molecule has 3 heterocycles. The van der Waals surface area contributed by atoms with Gasteiger partial charge in [-0.2, -0.15) is 5.10 Å². The van der Waals surface area contributed by atoms with Crippen molar-refractivity contribution < 1.29 is 9.18 Å². The first-order valence-corrected chi connectivity index (χ1v) is 14.1. The molecule has 1 amide bonds. The van der Waals surface area contributed by atoms with Crippen LogP contribution >= 0.6 is 11.6 Å². The van der Waals surface area contributed by atoms with Crippen LogP contribution in [0.3, 0.4) is 0 Å². The van der Waals surface area contributed by atoms with Crippen LogP contribution in [0.4, 0.5) is 10.2 Å². The second-order valence-corrected chi connectivity index (χ2v) is 10.6. The first-order chi connectivity index (χ1) is 18.9. The number of benzene rings is 2. The summed E-state index contributed by atoms with van der Waals surface area (Å²) >= 11 is 6.59. The highest BCUT2D eigenvalue weighted by Gasteiger charge is 2.28. The number of fused-ring (bicyclic) bond motifs is 1. The smallest absolute Gasteiger partial charge is 0.245 e. The molecule has 2 atom stereocenters. The molecule has 7 nitrogen and oxygen atoms in total. The van der Waals surface area contributed by atoms with Crippen LogP contribution in [0.2, 0.25) is 0 Å². The molecule has 4 aromatic rings. The van der Waals surface area contributed by atoms with Gasteiger partial charge in [0.25, 0.3) is 0 Å². The SMILES string of the molecule is CCCC(C)c1nc(N2CCCN(C(=O)C(Cl)c3ccccc3)CC2)c2c(C)nn(-c3ccc(F)cc3)c2n1. The van der Waals surface area contributed by atoms with Gasteiger partial charge < -0.3 is 9.80 Å². The fourth-order valence-corrected chi connectivity index (χ4v) is 5.51. The maximum Gasteiger partial charge on any atom is 0.245 e. The molecular formula is C30H34ClFN6O. The number of amides is 1. The Morgan fingerprint density at radius 2 is 1.77 bits per heavy atom. The molecule has 2 unspecified atom stereocenters. The van der Waals surface area contributed by atoms with Crippen LogP contribution in [0.5, 0.6) is 0 Å². The molecule has 2 aromatic heterocycles. The van der Waals surface area contributed by atoms with Crippen molar-refractivity contribution >= 4 is 34.4 Å². The minimum Gasteiger partial charge on any atom is -0.354 e. The summed E-state index contributed by atoms with van der Waals surface area (Å²) in [6, 6.07) is 15.8. The van der Waals surface area contributed by atoms with E-state index in [0.29, 0.717) is 25.3 Å². The van der Waals surface area contributed by atoms with Gasteiger partial charge in [-0.15, -0.1) is 11.6 Å². The average Bonchev–Trinajstić information content (AvgIpc) is 3.12. The number of hydrogen-bond donors (Lipinski definition) is 0. The van der Waals surface area contributed by atoms with Crippen LogP contribution in [0.25, 0.3) is 16.7 Å². The van der Waals surface area contributed by atoms with E-state index in [9.17, 15) is 9.18 Å². The molecule has 5 rings (SSSR count). The molecule has 1 fully saturated rings. The zero-order chi connectivity index (χ0) is 27.5. The van der Waals surface area contributed by atoms with E-state index >= 15 is 0 Å². The van der Waals surface area contributed by atoms with Crippen LogP contribution in [-0.4, -0.2) is 56.7 Å². The fourth-order valence-electron chi connectivity index (χ4n) is 5.23. The number of aryl methyl sites for hydroxylation is 1. The lowest BCUT2D eigenvalue weighted by molar-refractivity contribution is -0.130. The molecule has 9 heteroatoms. The van der Waals surface area contributed by atoms with E-state index in [2.05, 4.69) is 18.7 Å². The summed E-state index contributed by atoms with van der Waals surface area (Å²) < 4.78 is 15.4. The highest BCUT2D eigenvalue weighted by Crippen LogP contribution is 2.32. The van der Waals surface area contributed by atoms with Gasteiger partial charge in [-0.25, -0.2) is 19.0 Å². The minimum absolute atomic E-state index is 0.0740. The molecule has 39 heavy (non-hydrogen) atoms. The number of aromatic nitrogens is 4. The van der Waals surface area contributed by atoms with E-state index < -0.39 is 5.38 Å². The van der Waals surface area contributed by atoms with Gasteiger partial charge in [0.15, 0.2) is 5.65 Å². The molecule has 0 radical (unpaired) electrons. The fraction of sp³-hybridized carbons (Fsp3) is 0.400. The van der Waals surface area contributed by atoms with Crippen LogP contribution in [0, 0.1) is 12.7 Å². The van der Waals surface area contributed by atoms with Crippen LogP contribution < -0.4 is 4.90 Å². The molecule has 0 spiro atoms. The monoisotopic (exact) mass is 548 g/mol. The Kier molecular flexibility index (Phi) is 8.12. The Morgan fingerprint density at radius 3 is 2.49 bits per heavy atom. The van der Waals surface area contributed by atoms with Crippen molar-refractivity contribution in [2.75, 3.05) is 31.1 Å². The quantitative estimate of drug-likeness (QED) is 0.258. The number of hydrogen-bond acceptors (Lipinski definition) is 5. The Hall–Kier alpha value is -3.52. The van der Waals surface area contributed by atoms with Gasteiger partial charge in [-0.3, -0.25) is 4.79 Å². The predicted molar refractivity (Wildman–Crippen MR) is 153 cm³/mol. The average molecular weight is 549 g/mol. The lowest BCUT2D eigenvalue weighted by Crippen LogP contribution is -2.37. The third-order valence-corrected chi connectivity index (χ3v) is 7.79. The lowest BCUT2D eigenvalue weighted by atomic mass is 10.1. The number of halogens is 2. The zero-order valence-electron chi connectivity index (χ0n) is 22.6. The highest BCUT2D eigenvalue weighted by molar-refractivity contribution is 6.30. The number of carbonyl (C=O) groups is 1. The Labute approximate surface area is 233 Å². The summed E-state index contributed by atoms with van der Waals surface area (Å²) in [6.07, 6.45) is 2.78. The summed E-state index contributed by atoms with van der Waals surface area (Å²) in [4.78, 5) is 27.4. The van der Waals surface area contributed by atoms with E-state index in [1.807, 2.05) is 42.2 Å². The summed E-state index contributed by atoms with van der Waals surface area (Å²) in [5.41, 5.74) is 3.07. The number of nitrogens with zero attached hydrogens (tertiary/aromatic N) is 6. The Bertz CT molecular complexity index is 1440. The molecule has 0 bridgehead atoms. The standard InChI is InChI=1S/C30H34ClFN6O/c1-4-9-20(2)27-33-28(25-21(3)35-38(29(25)34-27)24-14-12-23(32)13-15-24)36-16-8-17-37(19-18-36)30(39)26(31)22-10-6-5-7-11-22/h5-7,10-15,20,26H,4,8-9,16-19H2,1-3H3. The summed E-state index contributed by atoms with van der Waals surface area (Å²) in [6.45, 7) is 8.81. The molecule has 1 aliphatic heterocycles. The van der Waals surface area contributed by atoms with E-state index in [0.717, 1.165) is 59.8 Å². The van der Waals surface area contributed by atoms with Crippen LogP contribution in [0.15, 0.2) is 54.6 Å². The number of rotatable bonds is 7. The molecule has 1 saturated heterocycles. The Balaban J connectivity index is 1.49. The second kappa shape index (κ2) is 11.7. The van der Waals surface area contributed by atoms with Gasteiger partial charge in [-0.05, 0) is 49.6 Å². The highest BCUT2D eigenvalue weighted by atomic mass is 35.5. The van der Waals surface area contributed by atoms with Crippen molar-refractivity contribution in [3.63, 3.8) is 0 Å². The first kappa shape index (κ1) is 27.1. The number of carbonyl (C=O) groups excluding carboxylic acids is 1. The molecule has 1 aliphatic rings. The second-order valence-electron chi connectivity index (χ2n) is 10.2. The third kappa shape index (κ3) is 5.62. The Morgan fingerprint density at radius 1 is 1.03 bits per heavy atom. The van der Waals surface area contributed by atoms with Crippen LogP contribution in [0.1, 0.15) is 61.5 Å². The molecule has 204 valence electrons. The van der Waals surface area contributed by atoms with Crippen LogP contribution in [-0.2, 0) is 4.79 Å². The van der Waals surface area contributed by atoms with Gasteiger partial charge in [0, 0.05) is 32.1 Å². The van der Waals surface area contributed by atoms with Gasteiger partial charge in [0.2, 0.25) is 5.91 Å². The minimum atomic E-state index is -0.707. The predicted octanol–water partition coefficient (Wildman–Crippen LogP) is 6.19. The lowest BCUT2D eigenvalue weighted by Gasteiger charge is -2.25. The molecule has 0 N–H and O–H groups in total. The third-order valence-electron chi connectivity index (χ3n) is 7.35. The summed E-state index contributed by atoms with van der Waals surface area (Å²) in [7, 11) is 0. The van der Waals surface area contributed by atoms with Crippen molar-refractivity contribution in [3.8, 4) is 5.69 Å². The van der Waals surface area contributed by atoms with E-state index in [1.54, 1.807) is 16.8 Å². The molecule has 2 aromatic carbocycles.